The molecule has 0 bridgehead atoms. The van der Waals surface area contributed by atoms with Gasteiger partial charge in [-0.25, -0.2) is 5.01 Å². The van der Waals surface area contributed by atoms with E-state index < -0.39 is 0 Å². The van der Waals surface area contributed by atoms with Crippen LogP contribution in [0.4, 0.5) is 0 Å². The molecule has 6 nitrogen and oxygen atoms in total. The highest BCUT2D eigenvalue weighted by Gasteiger charge is 2.23. The smallest absolute Gasteiger partial charge is 0.243 e. The van der Waals surface area contributed by atoms with Gasteiger partial charge >= 0.3 is 0 Å². The summed E-state index contributed by atoms with van der Waals surface area (Å²) in [5.74, 6) is -0.0642. The average Bonchev–Trinajstić information content (AvgIpc) is 3.11. The Bertz CT molecular complexity index is 594. The first kappa shape index (κ1) is 15.7. The van der Waals surface area contributed by atoms with E-state index in [-0.39, 0.29) is 24.7 Å². The Morgan fingerprint density at radius 3 is 2.43 bits per heavy atom. The van der Waals surface area contributed by atoms with Crippen LogP contribution in [0.15, 0.2) is 35.4 Å². The molecular weight excluding hydrogens is 294 g/mol. The predicted octanol–water partition coefficient (Wildman–Crippen LogP) is 1.26. The molecule has 1 aromatic carbocycles. The van der Waals surface area contributed by atoms with Gasteiger partial charge in [0.05, 0.1) is 25.5 Å². The molecule has 0 spiro atoms. The fraction of sp³-hybridized carbons (Fsp3) is 0.471. The van der Waals surface area contributed by atoms with Crippen LogP contribution in [0.3, 0.4) is 0 Å². The molecule has 2 aliphatic rings. The maximum atomic E-state index is 12.2. The Labute approximate surface area is 135 Å². The van der Waals surface area contributed by atoms with Gasteiger partial charge in [0, 0.05) is 32.4 Å². The van der Waals surface area contributed by atoms with Gasteiger partial charge in [-0.2, -0.15) is 5.10 Å². The van der Waals surface area contributed by atoms with Crippen LogP contribution in [-0.2, 0) is 14.3 Å². The van der Waals surface area contributed by atoms with E-state index >= 15 is 0 Å². The van der Waals surface area contributed by atoms with Crippen molar-refractivity contribution in [3.63, 3.8) is 0 Å². The number of rotatable bonds is 4. The monoisotopic (exact) mass is 315 g/mol. The van der Waals surface area contributed by atoms with E-state index in [9.17, 15) is 9.59 Å². The lowest BCUT2D eigenvalue weighted by molar-refractivity contribution is -0.139. The van der Waals surface area contributed by atoms with Gasteiger partial charge in [0.1, 0.15) is 0 Å². The molecule has 2 aliphatic heterocycles. The van der Waals surface area contributed by atoms with Crippen molar-refractivity contribution >= 4 is 17.5 Å². The summed E-state index contributed by atoms with van der Waals surface area (Å²) < 4.78 is 5.22. The van der Waals surface area contributed by atoms with Crippen molar-refractivity contribution in [1.82, 2.24) is 9.91 Å². The Morgan fingerprint density at radius 2 is 1.70 bits per heavy atom. The van der Waals surface area contributed by atoms with Crippen LogP contribution in [0, 0.1) is 0 Å². The third-order valence-corrected chi connectivity index (χ3v) is 4.11. The Morgan fingerprint density at radius 1 is 1.00 bits per heavy atom. The van der Waals surface area contributed by atoms with Gasteiger partial charge in [0.25, 0.3) is 0 Å². The Hall–Kier alpha value is -2.21. The highest BCUT2D eigenvalue weighted by molar-refractivity contribution is 6.02. The number of hydrogen-bond acceptors (Lipinski definition) is 4. The van der Waals surface area contributed by atoms with E-state index in [2.05, 4.69) is 5.10 Å². The molecule has 0 saturated carbocycles. The molecule has 3 rings (SSSR count). The summed E-state index contributed by atoms with van der Waals surface area (Å²) >= 11 is 0. The first-order valence-corrected chi connectivity index (χ1v) is 8.03. The summed E-state index contributed by atoms with van der Waals surface area (Å²) in [5, 5.41) is 5.90. The molecule has 1 aromatic rings. The number of benzene rings is 1. The van der Waals surface area contributed by atoms with E-state index in [1.54, 1.807) is 4.90 Å². The zero-order valence-electron chi connectivity index (χ0n) is 13.1. The van der Waals surface area contributed by atoms with E-state index in [4.69, 9.17) is 4.74 Å². The van der Waals surface area contributed by atoms with Crippen molar-refractivity contribution in [1.29, 1.82) is 0 Å². The summed E-state index contributed by atoms with van der Waals surface area (Å²) in [6.45, 7) is 2.99. The first-order chi connectivity index (χ1) is 11.2. The van der Waals surface area contributed by atoms with Crippen molar-refractivity contribution < 1.29 is 14.3 Å². The average molecular weight is 315 g/mol. The van der Waals surface area contributed by atoms with Crippen molar-refractivity contribution in [2.24, 2.45) is 5.10 Å². The van der Waals surface area contributed by atoms with Gasteiger partial charge in [0.15, 0.2) is 0 Å². The van der Waals surface area contributed by atoms with Gasteiger partial charge in [-0.1, -0.05) is 30.3 Å². The minimum atomic E-state index is -0.0856. The zero-order chi connectivity index (χ0) is 16.1. The first-order valence-electron chi connectivity index (χ1n) is 8.03. The van der Waals surface area contributed by atoms with Crippen LogP contribution in [-0.4, -0.2) is 60.3 Å². The number of carbonyl (C=O) groups is 2. The third kappa shape index (κ3) is 3.96. The molecule has 6 heteroatoms. The molecule has 0 unspecified atom stereocenters. The van der Waals surface area contributed by atoms with E-state index in [0.29, 0.717) is 32.8 Å². The number of carbonyl (C=O) groups excluding carboxylic acids is 2. The van der Waals surface area contributed by atoms with Gasteiger partial charge in [-0.3, -0.25) is 9.59 Å². The molecule has 1 saturated heterocycles. The van der Waals surface area contributed by atoms with Gasteiger partial charge < -0.3 is 9.64 Å². The molecule has 2 amide bonds. The Kier molecular flexibility index (Phi) is 5.02. The van der Waals surface area contributed by atoms with Crippen LogP contribution in [0.25, 0.3) is 0 Å². The van der Waals surface area contributed by atoms with Crippen molar-refractivity contribution in [2.75, 3.05) is 32.8 Å². The fourth-order valence-corrected chi connectivity index (χ4v) is 2.78. The second kappa shape index (κ2) is 7.37. The number of hydrazone groups is 1. The van der Waals surface area contributed by atoms with Crippen LogP contribution in [0.5, 0.6) is 0 Å². The summed E-state index contributed by atoms with van der Waals surface area (Å²) in [4.78, 5) is 26.1. The normalized spacial score (nSPS) is 18.0. The van der Waals surface area contributed by atoms with Gasteiger partial charge in [0.2, 0.25) is 11.8 Å². The largest absolute Gasteiger partial charge is 0.378 e. The molecule has 0 atom stereocenters. The van der Waals surface area contributed by atoms with Gasteiger partial charge in [-0.05, 0) is 5.56 Å². The maximum absolute atomic E-state index is 12.2. The molecule has 0 aliphatic carbocycles. The molecule has 0 radical (unpaired) electrons. The van der Waals surface area contributed by atoms with Gasteiger partial charge in [-0.15, -0.1) is 0 Å². The van der Waals surface area contributed by atoms with E-state index in [1.165, 1.54) is 5.01 Å². The SMILES string of the molecule is O=C(CCC(=O)N1CCC(c2ccccc2)=N1)N1CCOCC1. The minimum absolute atomic E-state index is 0.0214. The summed E-state index contributed by atoms with van der Waals surface area (Å²) in [6.07, 6.45) is 1.21. The quantitative estimate of drug-likeness (QED) is 0.840. The second-order valence-electron chi connectivity index (χ2n) is 5.67. The number of ether oxygens (including phenoxy) is 1. The lowest BCUT2D eigenvalue weighted by Crippen LogP contribution is -2.41. The maximum Gasteiger partial charge on any atom is 0.243 e. The molecule has 122 valence electrons. The van der Waals surface area contributed by atoms with Crippen LogP contribution in [0.2, 0.25) is 0 Å². The molecule has 0 N–H and O–H groups in total. The third-order valence-electron chi connectivity index (χ3n) is 4.11. The number of morpholine rings is 1. The Balaban J connectivity index is 1.51. The molecule has 0 aromatic heterocycles. The standard InChI is InChI=1S/C17H21N3O3/c21-16(19-10-12-23-13-11-19)6-7-17(22)20-9-8-15(18-20)14-4-2-1-3-5-14/h1-5H,6-13H2. The van der Waals surface area contributed by atoms with E-state index in [0.717, 1.165) is 17.7 Å². The van der Waals surface area contributed by atoms with Crippen molar-refractivity contribution in [3.05, 3.63) is 35.9 Å². The minimum Gasteiger partial charge on any atom is -0.378 e. The van der Waals surface area contributed by atoms with Crippen LogP contribution in [0.1, 0.15) is 24.8 Å². The van der Waals surface area contributed by atoms with Crippen LogP contribution >= 0.6 is 0 Å². The number of amides is 2. The molecule has 2 heterocycles. The highest BCUT2D eigenvalue weighted by atomic mass is 16.5. The molecular formula is C17H21N3O3. The number of hydrogen-bond donors (Lipinski definition) is 0. The molecule has 23 heavy (non-hydrogen) atoms. The fourth-order valence-electron chi connectivity index (χ4n) is 2.78. The summed E-state index contributed by atoms with van der Waals surface area (Å²) in [7, 11) is 0. The second-order valence-corrected chi connectivity index (χ2v) is 5.67. The summed E-state index contributed by atoms with van der Waals surface area (Å²) in [6, 6.07) is 9.87. The van der Waals surface area contributed by atoms with E-state index in [1.807, 2.05) is 30.3 Å². The van der Waals surface area contributed by atoms with Crippen molar-refractivity contribution in [3.8, 4) is 0 Å². The zero-order valence-corrected chi connectivity index (χ0v) is 13.1. The van der Waals surface area contributed by atoms with Crippen molar-refractivity contribution in [2.45, 2.75) is 19.3 Å². The number of nitrogens with zero attached hydrogens (tertiary/aromatic N) is 3. The topological polar surface area (TPSA) is 62.2 Å². The molecule has 1 fully saturated rings. The predicted molar refractivity (Wildman–Crippen MR) is 85.9 cm³/mol. The lowest BCUT2D eigenvalue weighted by Gasteiger charge is -2.26. The van der Waals surface area contributed by atoms with Crippen LogP contribution < -0.4 is 0 Å². The highest BCUT2D eigenvalue weighted by Crippen LogP contribution is 2.15. The summed E-state index contributed by atoms with van der Waals surface area (Å²) in [5.41, 5.74) is 1.98. The lowest BCUT2D eigenvalue weighted by atomic mass is 10.1.